The van der Waals surface area contributed by atoms with Crippen LogP contribution in [-0.2, 0) is 0 Å². The van der Waals surface area contributed by atoms with E-state index in [1.807, 2.05) is 0 Å². The molecule has 0 spiro atoms. The molecule has 1 saturated heterocycles. The highest BCUT2D eigenvalue weighted by Gasteiger charge is 2.17. The highest BCUT2D eigenvalue weighted by atomic mass is 35.5. The predicted octanol–water partition coefficient (Wildman–Crippen LogP) is 2.16. The Bertz CT molecular complexity index is 387. The largest absolute Gasteiger partial charge is 0.368 e. The zero-order valence-corrected chi connectivity index (χ0v) is 11.7. The summed E-state index contributed by atoms with van der Waals surface area (Å²) < 4.78 is 13.2. The Morgan fingerprint density at radius 1 is 1.56 bits per heavy atom. The topological polar surface area (TPSA) is 54.2 Å². The summed E-state index contributed by atoms with van der Waals surface area (Å²) in [6.45, 7) is 3.96. The predicted molar refractivity (Wildman–Crippen MR) is 73.8 cm³/mol. The molecule has 0 bridgehead atoms. The van der Waals surface area contributed by atoms with E-state index >= 15 is 0 Å². The van der Waals surface area contributed by atoms with Crippen LogP contribution in [0.3, 0.4) is 0 Å². The summed E-state index contributed by atoms with van der Waals surface area (Å²) in [7, 11) is 0. The van der Waals surface area contributed by atoms with Crippen molar-refractivity contribution in [2.75, 3.05) is 31.5 Å². The molecular weight excluding hydrogens is 275 g/mol. The number of aromatic nitrogens is 1. The summed E-state index contributed by atoms with van der Waals surface area (Å²) in [5, 5.41) is 2.56. The first-order chi connectivity index (χ1) is 8.65. The fraction of sp³-hybridized carbons (Fsp3) is 0.727. The molecule has 0 saturated carbocycles. The van der Waals surface area contributed by atoms with Gasteiger partial charge >= 0.3 is 0 Å². The molecule has 2 rings (SSSR count). The second-order valence-corrected chi connectivity index (χ2v) is 6.12. The van der Waals surface area contributed by atoms with Gasteiger partial charge in [0.2, 0.25) is 0 Å². The van der Waals surface area contributed by atoms with Crippen molar-refractivity contribution in [3.8, 4) is 0 Å². The number of rotatable bonds is 6. The van der Waals surface area contributed by atoms with Crippen LogP contribution >= 0.6 is 22.9 Å². The molecule has 4 nitrogen and oxygen atoms in total. The number of thiazole rings is 1. The number of halogens is 2. The van der Waals surface area contributed by atoms with Crippen molar-refractivity contribution >= 4 is 28.8 Å². The number of hydrogen-bond donors (Lipinski definition) is 2. The minimum absolute atomic E-state index is 0.347. The van der Waals surface area contributed by atoms with E-state index in [2.05, 4.69) is 15.2 Å². The third-order valence-corrected chi connectivity index (χ3v) is 4.10. The Kier molecular flexibility index (Phi) is 5.17. The zero-order chi connectivity index (χ0) is 13.0. The van der Waals surface area contributed by atoms with Crippen LogP contribution in [0.25, 0.3) is 0 Å². The van der Waals surface area contributed by atoms with E-state index in [1.54, 1.807) is 0 Å². The monoisotopic (exact) mass is 292 g/mol. The minimum Gasteiger partial charge on any atom is -0.368 e. The lowest BCUT2D eigenvalue weighted by Gasteiger charge is -2.14. The maximum absolute atomic E-state index is 12.8. The molecule has 2 heterocycles. The molecule has 1 aliphatic rings. The molecule has 0 aliphatic carbocycles. The molecule has 1 atom stereocenters. The normalized spacial score (nSPS) is 20.5. The highest BCUT2D eigenvalue weighted by Crippen LogP contribution is 2.27. The standard InChI is InChI=1S/C11H18ClFN4S/c12-9-10(16-11(13)18-9)15-4-1-2-5-17-6-3-8(14)7-17/h8,15H,1-7,14H2/t8-/m1/s1. The van der Waals surface area contributed by atoms with Gasteiger partial charge in [0.15, 0.2) is 5.82 Å². The second-order valence-electron chi connectivity index (χ2n) is 4.57. The number of anilines is 1. The Labute approximate surface area is 115 Å². The van der Waals surface area contributed by atoms with Gasteiger partial charge in [-0.3, -0.25) is 0 Å². The average Bonchev–Trinajstić information content (AvgIpc) is 2.85. The Morgan fingerprint density at radius 2 is 2.39 bits per heavy atom. The molecule has 18 heavy (non-hydrogen) atoms. The minimum atomic E-state index is -0.492. The van der Waals surface area contributed by atoms with Gasteiger partial charge in [-0.05, 0) is 32.4 Å². The quantitative estimate of drug-likeness (QED) is 0.789. The number of nitrogens with one attached hydrogen (secondary N) is 1. The molecule has 1 aliphatic heterocycles. The van der Waals surface area contributed by atoms with Crippen molar-refractivity contribution in [1.82, 2.24) is 9.88 Å². The van der Waals surface area contributed by atoms with E-state index in [1.165, 1.54) is 0 Å². The van der Waals surface area contributed by atoms with Crippen LogP contribution < -0.4 is 11.1 Å². The van der Waals surface area contributed by atoms with Crippen molar-refractivity contribution in [2.45, 2.75) is 25.3 Å². The van der Waals surface area contributed by atoms with Gasteiger partial charge < -0.3 is 16.0 Å². The third-order valence-electron chi connectivity index (χ3n) is 3.06. The molecular formula is C11H18ClFN4S. The van der Waals surface area contributed by atoms with Crippen molar-refractivity contribution < 1.29 is 4.39 Å². The summed E-state index contributed by atoms with van der Waals surface area (Å²) in [6.07, 6.45) is 3.22. The van der Waals surface area contributed by atoms with Gasteiger partial charge in [0, 0.05) is 19.1 Å². The SMILES string of the molecule is N[C@@H]1CCN(CCCCNc2nc(F)sc2Cl)C1. The highest BCUT2D eigenvalue weighted by molar-refractivity contribution is 7.15. The molecule has 3 N–H and O–H groups in total. The first-order valence-electron chi connectivity index (χ1n) is 6.19. The molecule has 1 fully saturated rings. The number of likely N-dealkylation sites (tertiary alicyclic amines) is 1. The number of nitrogens with two attached hydrogens (primary N) is 1. The van der Waals surface area contributed by atoms with E-state index in [-0.39, 0.29) is 0 Å². The van der Waals surface area contributed by atoms with Gasteiger partial charge in [0.1, 0.15) is 4.34 Å². The van der Waals surface area contributed by atoms with Gasteiger partial charge in [0.05, 0.1) is 0 Å². The maximum atomic E-state index is 12.8. The molecule has 0 aromatic carbocycles. The Balaban J connectivity index is 1.57. The van der Waals surface area contributed by atoms with Crippen LogP contribution in [0.1, 0.15) is 19.3 Å². The van der Waals surface area contributed by atoms with Crippen LogP contribution in [0.15, 0.2) is 0 Å². The summed E-state index contributed by atoms with van der Waals surface area (Å²) in [4.78, 5) is 6.07. The average molecular weight is 293 g/mol. The summed E-state index contributed by atoms with van der Waals surface area (Å²) >= 11 is 6.67. The van der Waals surface area contributed by atoms with Crippen LogP contribution in [0.5, 0.6) is 0 Å². The van der Waals surface area contributed by atoms with Crippen LogP contribution in [0.4, 0.5) is 10.2 Å². The van der Waals surface area contributed by atoms with E-state index in [4.69, 9.17) is 17.3 Å². The summed E-state index contributed by atoms with van der Waals surface area (Å²) in [5.74, 6) is 0.461. The Morgan fingerprint density at radius 3 is 3.00 bits per heavy atom. The molecule has 0 amide bonds. The van der Waals surface area contributed by atoms with Gasteiger partial charge in [-0.25, -0.2) is 0 Å². The smallest absolute Gasteiger partial charge is 0.272 e. The molecule has 102 valence electrons. The fourth-order valence-corrected chi connectivity index (χ4v) is 2.92. The van der Waals surface area contributed by atoms with Crippen molar-refractivity contribution in [2.24, 2.45) is 5.73 Å². The summed E-state index contributed by atoms with van der Waals surface area (Å²) in [5.41, 5.74) is 5.84. The van der Waals surface area contributed by atoms with Crippen LogP contribution in [0, 0.1) is 5.26 Å². The lowest BCUT2D eigenvalue weighted by atomic mass is 10.3. The van der Waals surface area contributed by atoms with Crippen molar-refractivity contribution in [3.63, 3.8) is 0 Å². The lowest BCUT2D eigenvalue weighted by molar-refractivity contribution is 0.327. The van der Waals surface area contributed by atoms with Gasteiger partial charge in [-0.2, -0.15) is 9.37 Å². The number of nitrogens with zero attached hydrogens (tertiary/aromatic N) is 2. The van der Waals surface area contributed by atoms with Gasteiger partial charge in [0.25, 0.3) is 5.26 Å². The van der Waals surface area contributed by atoms with Gasteiger partial charge in [-0.15, -0.1) is 0 Å². The van der Waals surface area contributed by atoms with Crippen molar-refractivity contribution in [1.29, 1.82) is 0 Å². The second kappa shape index (κ2) is 6.65. The first-order valence-corrected chi connectivity index (χ1v) is 7.38. The molecule has 0 unspecified atom stereocenters. The molecule has 7 heteroatoms. The lowest BCUT2D eigenvalue weighted by Crippen LogP contribution is -2.27. The zero-order valence-electron chi connectivity index (χ0n) is 10.2. The van der Waals surface area contributed by atoms with E-state index in [9.17, 15) is 4.39 Å². The molecule has 1 aromatic rings. The fourth-order valence-electron chi connectivity index (χ4n) is 2.12. The van der Waals surface area contributed by atoms with E-state index < -0.39 is 5.26 Å². The Hall–Kier alpha value is -0.430. The van der Waals surface area contributed by atoms with Gasteiger partial charge in [-0.1, -0.05) is 22.9 Å². The molecule has 1 aromatic heterocycles. The summed E-state index contributed by atoms with van der Waals surface area (Å²) in [6, 6.07) is 0.347. The van der Waals surface area contributed by atoms with Crippen LogP contribution in [0.2, 0.25) is 4.34 Å². The van der Waals surface area contributed by atoms with Crippen LogP contribution in [-0.4, -0.2) is 42.1 Å². The maximum Gasteiger partial charge on any atom is 0.272 e. The molecule has 0 radical (unpaired) electrons. The van der Waals surface area contributed by atoms with E-state index in [0.29, 0.717) is 16.2 Å². The van der Waals surface area contributed by atoms with Crippen molar-refractivity contribution in [3.05, 3.63) is 9.60 Å². The third kappa shape index (κ3) is 4.05. The van der Waals surface area contributed by atoms with E-state index in [0.717, 1.165) is 56.8 Å². The first kappa shape index (κ1) is 14.0. The number of unbranched alkanes of at least 4 members (excludes halogenated alkanes) is 1. The number of hydrogen-bond acceptors (Lipinski definition) is 5.